The molecule has 1 atom stereocenters. The molecule has 1 aliphatic rings. The van der Waals surface area contributed by atoms with Crippen LogP contribution >= 0.6 is 0 Å². The lowest BCUT2D eigenvalue weighted by molar-refractivity contribution is 0.387. The molecule has 5 heteroatoms. The number of nitrogens with zero attached hydrogens (tertiary/aromatic N) is 1. The molecule has 18 heavy (non-hydrogen) atoms. The first-order valence-corrected chi connectivity index (χ1v) is 8.35. The summed E-state index contributed by atoms with van der Waals surface area (Å²) in [6, 6.07) is 0.350. The maximum absolute atomic E-state index is 12.2. The van der Waals surface area contributed by atoms with Crippen LogP contribution < -0.4 is 5.32 Å². The molecule has 1 unspecified atom stereocenters. The molecule has 0 aromatic carbocycles. The van der Waals surface area contributed by atoms with Gasteiger partial charge < -0.3 is 5.32 Å². The average molecular weight is 272 g/mol. The largest absolute Gasteiger partial charge is 0.314 e. The van der Waals surface area contributed by atoms with Crippen LogP contribution in [-0.2, 0) is 10.0 Å². The fraction of sp³-hybridized carbons (Fsp3) is 0.846. The van der Waals surface area contributed by atoms with Gasteiger partial charge in [0.15, 0.2) is 0 Å². The van der Waals surface area contributed by atoms with Crippen molar-refractivity contribution in [3.05, 3.63) is 0 Å². The lowest BCUT2D eigenvalue weighted by atomic mass is 10.0. The van der Waals surface area contributed by atoms with Crippen molar-refractivity contribution >= 4 is 10.0 Å². The highest BCUT2D eigenvalue weighted by atomic mass is 32.2. The second-order valence-corrected chi connectivity index (χ2v) is 6.88. The van der Waals surface area contributed by atoms with E-state index in [4.69, 9.17) is 6.42 Å². The van der Waals surface area contributed by atoms with Crippen LogP contribution in [-0.4, -0.2) is 44.2 Å². The van der Waals surface area contributed by atoms with E-state index in [1.807, 2.05) is 6.92 Å². The van der Waals surface area contributed by atoms with Crippen molar-refractivity contribution in [1.29, 1.82) is 0 Å². The molecule has 0 aromatic rings. The summed E-state index contributed by atoms with van der Waals surface area (Å²) in [5, 5.41) is 3.37. The van der Waals surface area contributed by atoms with E-state index in [1.54, 1.807) is 0 Å². The van der Waals surface area contributed by atoms with Crippen molar-refractivity contribution in [2.24, 2.45) is 0 Å². The molecule has 0 spiro atoms. The molecule has 0 amide bonds. The highest BCUT2D eigenvalue weighted by Gasteiger charge is 2.22. The van der Waals surface area contributed by atoms with Crippen LogP contribution in [0.25, 0.3) is 0 Å². The molecule has 1 saturated heterocycles. The summed E-state index contributed by atoms with van der Waals surface area (Å²) < 4.78 is 25.7. The molecule has 1 fully saturated rings. The maximum atomic E-state index is 12.2. The molecule has 1 rings (SSSR count). The normalized spacial score (nSPS) is 20.8. The van der Waals surface area contributed by atoms with Gasteiger partial charge in [-0.1, -0.05) is 19.3 Å². The predicted molar refractivity (Wildman–Crippen MR) is 74.7 cm³/mol. The topological polar surface area (TPSA) is 49.4 Å². The van der Waals surface area contributed by atoms with Crippen molar-refractivity contribution in [2.75, 3.05) is 25.4 Å². The lowest BCUT2D eigenvalue weighted by Gasteiger charge is -2.25. The fourth-order valence-electron chi connectivity index (χ4n) is 2.26. The summed E-state index contributed by atoms with van der Waals surface area (Å²) >= 11 is 0. The Hall–Kier alpha value is -0.570. The third-order valence-electron chi connectivity index (χ3n) is 3.27. The van der Waals surface area contributed by atoms with E-state index in [2.05, 4.69) is 11.2 Å². The van der Waals surface area contributed by atoms with Gasteiger partial charge in [0.2, 0.25) is 10.0 Å². The number of terminal acetylenes is 1. The molecule has 0 radical (unpaired) electrons. The molecule has 0 aliphatic carbocycles. The first kappa shape index (κ1) is 15.5. The molecule has 0 saturated carbocycles. The molecule has 1 aliphatic heterocycles. The molecule has 1 N–H and O–H groups in total. The van der Waals surface area contributed by atoms with E-state index in [0.29, 0.717) is 19.0 Å². The number of rotatable bonds is 7. The molecule has 0 bridgehead atoms. The molecular weight excluding hydrogens is 248 g/mol. The van der Waals surface area contributed by atoms with Gasteiger partial charge in [-0.15, -0.1) is 6.42 Å². The Morgan fingerprint density at radius 1 is 1.44 bits per heavy atom. The van der Waals surface area contributed by atoms with E-state index in [0.717, 1.165) is 19.4 Å². The number of hydrogen-bond donors (Lipinski definition) is 1. The zero-order valence-electron chi connectivity index (χ0n) is 11.2. The van der Waals surface area contributed by atoms with E-state index in [-0.39, 0.29) is 12.3 Å². The van der Waals surface area contributed by atoms with E-state index in [1.165, 1.54) is 17.1 Å². The highest BCUT2D eigenvalue weighted by Crippen LogP contribution is 2.13. The van der Waals surface area contributed by atoms with Crippen molar-refractivity contribution in [1.82, 2.24) is 9.62 Å². The van der Waals surface area contributed by atoms with Gasteiger partial charge in [0.1, 0.15) is 0 Å². The van der Waals surface area contributed by atoms with Crippen molar-refractivity contribution in [2.45, 2.75) is 45.1 Å². The van der Waals surface area contributed by atoms with E-state index in [9.17, 15) is 8.42 Å². The van der Waals surface area contributed by atoms with Gasteiger partial charge in [0.25, 0.3) is 0 Å². The van der Waals surface area contributed by atoms with Crippen LogP contribution in [0.4, 0.5) is 0 Å². The minimum atomic E-state index is -3.20. The Bertz CT molecular complexity index is 367. The van der Waals surface area contributed by atoms with Crippen LogP contribution in [0.15, 0.2) is 0 Å². The average Bonchev–Trinajstić information content (AvgIpc) is 2.37. The second kappa shape index (κ2) is 7.78. The van der Waals surface area contributed by atoms with Gasteiger partial charge in [-0.2, -0.15) is 4.31 Å². The van der Waals surface area contributed by atoms with Gasteiger partial charge in [0.05, 0.1) is 12.3 Å². The zero-order valence-corrected chi connectivity index (χ0v) is 12.0. The lowest BCUT2D eigenvalue weighted by Crippen LogP contribution is -2.39. The van der Waals surface area contributed by atoms with E-state index < -0.39 is 10.0 Å². The van der Waals surface area contributed by atoms with Crippen molar-refractivity contribution < 1.29 is 8.42 Å². The summed E-state index contributed by atoms with van der Waals surface area (Å²) in [6.45, 7) is 3.67. The maximum Gasteiger partial charge on any atom is 0.215 e. The molecule has 1 heterocycles. The number of piperidine rings is 1. The zero-order chi connectivity index (χ0) is 13.4. The van der Waals surface area contributed by atoms with Crippen LogP contribution in [0.2, 0.25) is 0 Å². The third kappa shape index (κ3) is 4.97. The Morgan fingerprint density at radius 3 is 2.78 bits per heavy atom. The van der Waals surface area contributed by atoms with Crippen molar-refractivity contribution in [3.63, 3.8) is 0 Å². The Kier molecular flexibility index (Phi) is 6.69. The summed E-state index contributed by atoms with van der Waals surface area (Å²) in [4.78, 5) is 0. The minimum absolute atomic E-state index is 0.189. The van der Waals surface area contributed by atoms with Crippen molar-refractivity contribution in [3.8, 4) is 12.3 Å². The highest BCUT2D eigenvalue weighted by molar-refractivity contribution is 7.89. The molecule has 0 aromatic heterocycles. The minimum Gasteiger partial charge on any atom is -0.314 e. The van der Waals surface area contributed by atoms with Gasteiger partial charge in [-0.05, 0) is 32.2 Å². The summed E-state index contributed by atoms with van der Waals surface area (Å²) in [6.07, 6.45) is 10.2. The Morgan fingerprint density at radius 2 is 2.22 bits per heavy atom. The summed E-state index contributed by atoms with van der Waals surface area (Å²) in [7, 11) is -3.20. The van der Waals surface area contributed by atoms with Gasteiger partial charge in [-0.25, -0.2) is 8.42 Å². The molecule has 104 valence electrons. The van der Waals surface area contributed by atoms with Crippen LogP contribution in [0.1, 0.15) is 39.0 Å². The Balaban J connectivity index is 2.48. The standard InChI is InChI=1S/C13H24N2O2S/c1-3-10-15(11-4-2)18(16,17)12-8-13-7-5-6-9-14-13/h1,13-14H,4-12H2,2H3. The predicted octanol–water partition coefficient (Wildman–Crippen LogP) is 1.19. The summed E-state index contributed by atoms with van der Waals surface area (Å²) in [5.74, 6) is 2.63. The van der Waals surface area contributed by atoms with Crippen LogP contribution in [0.5, 0.6) is 0 Å². The fourth-order valence-corrected chi connectivity index (χ4v) is 3.83. The summed E-state index contributed by atoms with van der Waals surface area (Å²) in [5.41, 5.74) is 0. The first-order chi connectivity index (χ1) is 8.60. The van der Waals surface area contributed by atoms with Gasteiger partial charge >= 0.3 is 0 Å². The Labute approximate surface area is 111 Å². The number of hydrogen-bond acceptors (Lipinski definition) is 3. The first-order valence-electron chi connectivity index (χ1n) is 6.75. The second-order valence-electron chi connectivity index (χ2n) is 4.79. The van der Waals surface area contributed by atoms with E-state index >= 15 is 0 Å². The third-order valence-corrected chi connectivity index (χ3v) is 5.12. The van der Waals surface area contributed by atoms with Gasteiger partial charge in [0, 0.05) is 12.6 Å². The van der Waals surface area contributed by atoms with Crippen LogP contribution in [0, 0.1) is 12.3 Å². The number of nitrogens with one attached hydrogen (secondary N) is 1. The number of sulfonamides is 1. The SMILES string of the molecule is C#CCN(CCC)S(=O)(=O)CCC1CCCCN1. The monoisotopic (exact) mass is 272 g/mol. The smallest absolute Gasteiger partial charge is 0.215 e. The quantitative estimate of drug-likeness (QED) is 0.708. The van der Waals surface area contributed by atoms with Gasteiger partial charge in [-0.3, -0.25) is 0 Å². The van der Waals surface area contributed by atoms with Crippen LogP contribution in [0.3, 0.4) is 0 Å². The molecular formula is C13H24N2O2S. The molecule has 4 nitrogen and oxygen atoms in total.